The van der Waals surface area contributed by atoms with Crippen LogP contribution in [-0.2, 0) is 16.0 Å². The molecule has 2 heterocycles. The Labute approximate surface area is 145 Å². The normalized spacial score (nSPS) is 17.2. The van der Waals surface area contributed by atoms with Gasteiger partial charge in [0.2, 0.25) is 11.0 Å². The Morgan fingerprint density at radius 3 is 2.67 bits per heavy atom. The molecule has 0 spiro atoms. The Hall–Kier alpha value is -2.08. The first-order chi connectivity index (χ1) is 11.5. The van der Waals surface area contributed by atoms with Gasteiger partial charge in [-0.25, -0.2) is 4.68 Å². The molecule has 1 aromatic heterocycles. The van der Waals surface area contributed by atoms with Crippen LogP contribution in [0.3, 0.4) is 0 Å². The summed E-state index contributed by atoms with van der Waals surface area (Å²) in [5.41, 5.74) is 4.21. The average Bonchev–Trinajstić information content (AvgIpc) is 3.11. The molecule has 6 heteroatoms. The van der Waals surface area contributed by atoms with Gasteiger partial charge in [0, 0.05) is 17.9 Å². The molecule has 24 heavy (non-hydrogen) atoms. The summed E-state index contributed by atoms with van der Waals surface area (Å²) < 4.78 is 1.91. The zero-order valence-corrected chi connectivity index (χ0v) is 14.7. The molecule has 126 valence electrons. The van der Waals surface area contributed by atoms with Crippen molar-refractivity contribution in [3.8, 4) is 5.69 Å². The van der Waals surface area contributed by atoms with E-state index in [2.05, 4.69) is 10.4 Å². The summed E-state index contributed by atoms with van der Waals surface area (Å²) in [6.07, 6.45) is 1.80. The number of carbonyl (C=O) groups is 2. The predicted octanol–water partition coefficient (Wildman–Crippen LogP) is 2.57. The number of aryl methyl sites for hydroxylation is 3. The van der Waals surface area contributed by atoms with Gasteiger partial charge in [0.15, 0.2) is 0 Å². The van der Waals surface area contributed by atoms with E-state index in [1.807, 2.05) is 48.9 Å². The third-order valence-electron chi connectivity index (χ3n) is 4.10. The monoisotopic (exact) mass is 343 g/mol. The van der Waals surface area contributed by atoms with Crippen molar-refractivity contribution in [2.75, 3.05) is 5.75 Å². The van der Waals surface area contributed by atoms with E-state index in [-0.39, 0.29) is 17.1 Å². The molecule has 1 amide bonds. The molecule has 1 fully saturated rings. The van der Waals surface area contributed by atoms with Gasteiger partial charge < -0.3 is 5.32 Å². The molecule has 1 unspecified atom stereocenters. The summed E-state index contributed by atoms with van der Waals surface area (Å²) in [5, 5.41) is 7.37. The number of aromatic nitrogens is 2. The molecule has 5 nitrogen and oxygen atoms in total. The lowest BCUT2D eigenvalue weighted by atomic mass is 10.1. The van der Waals surface area contributed by atoms with Crippen LogP contribution in [0.1, 0.15) is 29.8 Å². The molecule has 1 atom stereocenters. The first kappa shape index (κ1) is 16.8. The molecular weight excluding hydrogens is 322 g/mol. The van der Waals surface area contributed by atoms with Crippen LogP contribution < -0.4 is 5.32 Å². The number of rotatable bonds is 5. The molecule has 0 bridgehead atoms. The number of amides is 1. The summed E-state index contributed by atoms with van der Waals surface area (Å²) >= 11 is 1.30. The predicted molar refractivity (Wildman–Crippen MR) is 95.4 cm³/mol. The second kappa shape index (κ2) is 7.21. The molecule has 0 aliphatic carbocycles. The molecule has 1 aliphatic heterocycles. The summed E-state index contributed by atoms with van der Waals surface area (Å²) in [6, 6.07) is 9.83. The minimum Gasteiger partial charge on any atom is -0.345 e. The second-order valence-electron chi connectivity index (χ2n) is 6.08. The molecule has 1 N–H and O–H groups in total. The molecule has 1 aliphatic rings. The summed E-state index contributed by atoms with van der Waals surface area (Å²) in [6.45, 7) is 4.00. The van der Waals surface area contributed by atoms with E-state index < -0.39 is 0 Å². The summed E-state index contributed by atoms with van der Waals surface area (Å²) in [5.74, 6) is 0.746. The molecule has 1 saturated heterocycles. The zero-order chi connectivity index (χ0) is 17.1. The first-order valence-corrected chi connectivity index (χ1v) is 9.10. The van der Waals surface area contributed by atoms with Crippen molar-refractivity contribution in [1.82, 2.24) is 15.1 Å². The fourth-order valence-corrected chi connectivity index (χ4v) is 3.78. The number of carbonyl (C=O) groups excluding carboxylic acids is 2. The Morgan fingerprint density at radius 2 is 2.08 bits per heavy atom. The Balaban J connectivity index is 1.55. The lowest BCUT2D eigenvalue weighted by Gasteiger charge is -2.10. The number of hydrogen-bond donors (Lipinski definition) is 1. The van der Waals surface area contributed by atoms with Crippen molar-refractivity contribution in [1.29, 1.82) is 0 Å². The highest BCUT2D eigenvalue weighted by molar-refractivity contribution is 8.14. The van der Waals surface area contributed by atoms with Crippen molar-refractivity contribution >= 4 is 22.8 Å². The van der Waals surface area contributed by atoms with Gasteiger partial charge >= 0.3 is 0 Å². The highest BCUT2D eigenvalue weighted by Gasteiger charge is 2.26. The Bertz CT molecular complexity index is 752. The van der Waals surface area contributed by atoms with E-state index in [9.17, 15) is 9.59 Å². The topological polar surface area (TPSA) is 64.0 Å². The highest BCUT2D eigenvalue weighted by Crippen LogP contribution is 2.19. The van der Waals surface area contributed by atoms with E-state index in [4.69, 9.17) is 0 Å². The highest BCUT2D eigenvalue weighted by atomic mass is 32.2. The number of nitrogens with zero attached hydrogens (tertiary/aromatic N) is 2. The van der Waals surface area contributed by atoms with E-state index >= 15 is 0 Å². The van der Waals surface area contributed by atoms with Crippen molar-refractivity contribution in [2.45, 2.75) is 39.2 Å². The van der Waals surface area contributed by atoms with E-state index in [1.165, 1.54) is 11.8 Å². The first-order valence-electron chi connectivity index (χ1n) is 8.11. The fourth-order valence-electron chi connectivity index (χ4n) is 2.85. The minimum atomic E-state index is -0.295. The van der Waals surface area contributed by atoms with Crippen LogP contribution in [0, 0.1) is 13.8 Å². The van der Waals surface area contributed by atoms with Crippen molar-refractivity contribution in [3.05, 3.63) is 47.3 Å². The van der Waals surface area contributed by atoms with Crippen LogP contribution in [0.4, 0.5) is 0 Å². The lowest BCUT2D eigenvalue weighted by Crippen LogP contribution is -2.37. The standard InChI is InChI=1S/C18H21N3O2S/c1-12-11-13(2)21(20-12)15-6-3-14(4-7-15)5-8-17(22)19-16-9-10-24-18(16)23/h3-4,6-7,11,16H,5,8-10H2,1-2H3,(H,19,22). The SMILES string of the molecule is Cc1cc(C)n(-c2ccc(CCC(=O)NC3CCSC3=O)cc2)n1. The average molecular weight is 343 g/mol. The zero-order valence-electron chi connectivity index (χ0n) is 13.9. The van der Waals surface area contributed by atoms with Gasteiger partial charge in [0.25, 0.3) is 0 Å². The van der Waals surface area contributed by atoms with Crippen LogP contribution in [0.5, 0.6) is 0 Å². The molecule has 1 aromatic carbocycles. The van der Waals surface area contributed by atoms with E-state index in [1.54, 1.807) is 0 Å². The fraction of sp³-hybridized carbons (Fsp3) is 0.389. The van der Waals surface area contributed by atoms with Crippen molar-refractivity contribution < 1.29 is 9.59 Å². The minimum absolute atomic E-state index is 0.0570. The van der Waals surface area contributed by atoms with Gasteiger partial charge in [-0.1, -0.05) is 23.9 Å². The Kier molecular flexibility index (Phi) is 5.04. The molecule has 2 aromatic rings. The molecule has 0 radical (unpaired) electrons. The van der Waals surface area contributed by atoms with Gasteiger partial charge in [-0.2, -0.15) is 5.10 Å². The van der Waals surface area contributed by atoms with Gasteiger partial charge in [-0.05, 0) is 50.5 Å². The smallest absolute Gasteiger partial charge is 0.220 e. The quantitative estimate of drug-likeness (QED) is 0.906. The molecule has 0 saturated carbocycles. The van der Waals surface area contributed by atoms with Crippen LogP contribution >= 0.6 is 11.8 Å². The summed E-state index contributed by atoms with van der Waals surface area (Å²) in [4.78, 5) is 23.5. The van der Waals surface area contributed by atoms with Gasteiger partial charge in [0.1, 0.15) is 0 Å². The summed E-state index contributed by atoms with van der Waals surface area (Å²) in [7, 11) is 0. The van der Waals surface area contributed by atoms with E-state index in [0.29, 0.717) is 12.8 Å². The Morgan fingerprint density at radius 1 is 1.33 bits per heavy atom. The third kappa shape index (κ3) is 3.87. The lowest BCUT2D eigenvalue weighted by molar-refractivity contribution is -0.124. The van der Waals surface area contributed by atoms with Crippen molar-refractivity contribution in [3.63, 3.8) is 0 Å². The third-order valence-corrected chi connectivity index (χ3v) is 5.11. The van der Waals surface area contributed by atoms with Gasteiger partial charge in [-0.3, -0.25) is 9.59 Å². The van der Waals surface area contributed by atoms with E-state index in [0.717, 1.165) is 34.8 Å². The maximum absolute atomic E-state index is 12.0. The molecular formula is C18H21N3O2S. The van der Waals surface area contributed by atoms with Crippen LogP contribution in [0.2, 0.25) is 0 Å². The number of benzene rings is 1. The van der Waals surface area contributed by atoms with Crippen LogP contribution in [0.15, 0.2) is 30.3 Å². The van der Waals surface area contributed by atoms with Gasteiger partial charge in [0.05, 0.1) is 17.4 Å². The maximum Gasteiger partial charge on any atom is 0.220 e. The largest absolute Gasteiger partial charge is 0.345 e. The maximum atomic E-state index is 12.0. The van der Waals surface area contributed by atoms with Crippen LogP contribution in [-0.4, -0.2) is 32.6 Å². The number of nitrogens with one attached hydrogen (secondary N) is 1. The molecule has 3 rings (SSSR count). The van der Waals surface area contributed by atoms with Gasteiger partial charge in [-0.15, -0.1) is 0 Å². The number of hydrogen-bond acceptors (Lipinski definition) is 4. The number of thioether (sulfide) groups is 1. The second-order valence-corrected chi connectivity index (χ2v) is 7.18. The van der Waals surface area contributed by atoms with Crippen molar-refractivity contribution in [2.24, 2.45) is 0 Å². The van der Waals surface area contributed by atoms with Crippen LogP contribution in [0.25, 0.3) is 5.69 Å².